The summed E-state index contributed by atoms with van der Waals surface area (Å²) in [5, 5.41) is 2.66. The number of carbonyl (C=O) groups is 1. The maximum absolute atomic E-state index is 11.5. The number of guanidine groups is 1. The van der Waals surface area contributed by atoms with Crippen LogP contribution in [-0.2, 0) is 4.79 Å². The van der Waals surface area contributed by atoms with E-state index in [-0.39, 0.29) is 12.5 Å². The Morgan fingerprint density at radius 1 is 1.36 bits per heavy atom. The van der Waals surface area contributed by atoms with Gasteiger partial charge in [-0.2, -0.15) is 0 Å². The van der Waals surface area contributed by atoms with Crippen LogP contribution in [-0.4, -0.2) is 66.0 Å². The maximum atomic E-state index is 11.5. The van der Waals surface area contributed by atoms with Gasteiger partial charge in [0.05, 0.1) is 0 Å². The molecule has 0 radical (unpaired) electrons. The highest BCUT2D eigenvalue weighted by Gasteiger charge is 2.19. The molecule has 2 heterocycles. The van der Waals surface area contributed by atoms with Gasteiger partial charge in [0.1, 0.15) is 6.54 Å². The number of nitrogens with two attached hydrogens (primary N) is 1. The van der Waals surface area contributed by atoms with E-state index >= 15 is 0 Å². The van der Waals surface area contributed by atoms with Crippen LogP contribution in [0.1, 0.15) is 0 Å². The lowest BCUT2D eigenvalue weighted by Gasteiger charge is -2.35. The number of hydrogen-bond acceptors (Lipinski definition) is 5. The topological polar surface area (TPSA) is 99.7 Å². The third kappa shape index (κ3) is 4.44. The number of aliphatic imine (C=N–C) groups is 1. The van der Waals surface area contributed by atoms with E-state index < -0.39 is 0 Å². The second-order valence-corrected chi connectivity index (χ2v) is 4.79. The number of rotatable bonds is 5. The number of piperazine rings is 1. The van der Waals surface area contributed by atoms with Crippen molar-refractivity contribution in [1.29, 1.82) is 0 Å². The molecule has 8 nitrogen and oxygen atoms in total. The predicted molar refractivity (Wildman–Crippen MR) is 85.5 cm³/mol. The minimum atomic E-state index is -0.167. The quantitative estimate of drug-likeness (QED) is 0.420. The van der Waals surface area contributed by atoms with E-state index in [1.807, 2.05) is 4.90 Å². The molecular formula is C14H21N7O. The summed E-state index contributed by atoms with van der Waals surface area (Å²) in [5.41, 5.74) is 5.94. The number of anilines is 1. The lowest BCUT2D eigenvalue weighted by molar-refractivity contribution is -0.119. The lowest BCUT2D eigenvalue weighted by atomic mass is 10.3. The van der Waals surface area contributed by atoms with E-state index in [0.717, 1.165) is 32.1 Å². The van der Waals surface area contributed by atoms with Crippen molar-refractivity contribution in [3.63, 3.8) is 0 Å². The maximum Gasteiger partial charge on any atom is 0.242 e. The number of nitrogens with one attached hydrogen (secondary N) is 1. The number of amides is 1. The smallest absolute Gasteiger partial charge is 0.242 e. The zero-order valence-electron chi connectivity index (χ0n) is 12.5. The Morgan fingerprint density at radius 3 is 2.68 bits per heavy atom. The van der Waals surface area contributed by atoms with E-state index in [1.165, 1.54) is 0 Å². The normalized spacial score (nSPS) is 15.5. The van der Waals surface area contributed by atoms with Gasteiger partial charge in [-0.25, -0.2) is 15.0 Å². The Morgan fingerprint density at radius 2 is 2.05 bits per heavy atom. The molecule has 0 saturated carbocycles. The highest BCUT2D eigenvalue weighted by molar-refractivity contribution is 5.84. The van der Waals surface area contributed by atoms with E-state index in [1.54, 1.807) is 24.5 Å². The number of nitrogens with zero attached hydrogens (tertiary/aromatic N) is 5. The summed E-state index contributed by atoms with van der Waals surface area (Å²) in [5.74, 6) is 0.947. The molecule has 0 aliphatic carbocycles. The Bertz CT molecular complexity index is 523. The van der Waals surface area contributed by atoms with Crippen molar-refractivity contribution >= 4 is 17.8 Å². The van der Waals surface area contributed by atoms with Crippen molar-refractivity contribution in [3.05, 3.63) is 31.1 Å². The fourth-order valence-electron chi connectivity index (χ4n) is 2.08. The minimum absolute atomic E-state index is 0.0294. The second kappa shape index (κ2) is 7.96. The minimum Gasteiger partial charge on any atom is -0.370 e. The van der Waals surface area contributed by atoms with E-state index in [2.05, 4.69) is 31.8 Å². The van der Waals surface area contributed by atoms with E-state index in [4.69, 9.17) is 5.73 Å². The summed E-state index contributed by atoms with van der Waals surface area (Å²) in [6, 6.07) is 1.79. The van der Waals surface area contributed by atoms with Crippen LogP contribution in [0.4, 0.5) is 5.95 Å². The molecular weight excluding hydrogens is 282 g/mol. The summed E-state index contributed by atoms with van der Waals surface area (Å²) >= 11 is 0. The van der Waals surface area contributed by atoms with Gasteiger partial charge in [-0.05, 0) is 6.07 Å². The van der Waals surface area contributed by atoms with Gasteiger partial charge in [0.2, 0.25) is 11.9 Å². The zero-order chi connectivity index (χ0) is 15.8. The third-order valence-electron chi connectivity index (χ3n) is 3.27. The molecule has 1 saturated heterocycles. The summed E-state index contributed by atoms with van der Waals surface area (Å²) in [4.78, 5) is 28.1. The molecule has 2 rings (SSSR count). The average molecular weight is 303 g/mol. The van der Waals surface area contributed by atoms with Crippen molar-refractivity contribution in [2.75, 3.05) is 44.2 Å². The second-order valence-electron chi connectivity index (χ2n) is 4.79. The monoisotopic (exact) mass is 303 g/mol. The van der Waals surface area contributed by atoms with Crippen molar-refractivity contribution in [2.45, 2.75) is 0 Å². The highest BCUT2D eigenvalue weighted by Crippen LogP contribution is 2.09. The van der Waals surface area contributed by atoms with Crippen LogP contribution in [0.5, 0.6) is 0 Å². The first kappa shape index (κ1) is 15.7. The molecule has 1 aliphatic heterocycles. The fraction of sp³-hybridized carbons (Fsp3) is 0.429. The van der Waals surface area contributed by atoms with Gasteiger partial charge < -0.3 is 20.9 Å². The van der Waals surface area contributed by atoms with Crippen LogP contribution < -0.4 is 16.0 Å². The van der Waals surface area contributed by atoms with Gasteiger partial charge in [0, 0.05) is 45.1 Å². The molecule has 22 heavy (non-hydrogen) atoms. The molecule has 8 heteroatoms. The van der Waals surface area contributed by atoms with Crippen LogP contribution in [0.25, 0.3) is 0 Å². The van der Waals surface area contributed by atoms with Crippen molar-refractivity contribution in [1.82, 2.24) is 20.2 Å². The van der Waals surface area contributed by atoms with Crippen LogP contribution in [0.15, 0.2) is 36.1 Å². The zero-order valence-corrected chi connectivity index (χ0v) is 12.5. The molecule has 1 amide bonds. The molecule has 1 aliphatic rings. The van der Waals surface area contributed by atoms with Gasteiger partial charge in [-0.3, -0.25) is 4.79 Å². The van der Waals surface area contributed by atoms with Gasteiger partial charge in [-0.1, -0.05) is 6.08 Å². The standard InChI is InChI=1S/C14H21N7O/c1-2-4-16-12(22)11-19-13(15)20-7-9-21(10-8-20)14-17-5-3-6-18-14/h2-3,5-6H,1,4,7-11H2,(H2,15,19)(H,16,22). The molecule has 0 unspecified atom stereocenters. The van der Waals surface area contributed by atoms with Crippen molar-refractivity contribution in [2.24, 2.45) is 10.7 Å². The first-order valence-electron chi connectivity index (χ1n) is 7.15. The molecule has 1 aromatic heterocycles. The first-order valence-corrected chi connectivity index (χ1v) is 7.15. The van der Waals surface area contributed by atoms with Gasteiger partial charge in [0.15, 0.2) is 5.96 Å². The van der Waals surface area contributed by atoms with Crippen molar-refractivity contribution in [3.8, 4) is 0 Å². The molecule has 0 atom stereocenters. The SMILES string of the molecule is C=CCNC(=O)CN=C(N)N1CCN(c2ncccn2)CC1. The van der Waals surface area contributed by atoms with Crippen LogP contribution in [0.3, 0.4) is 0 Å². The molecule has 1 fully saturated rings. The summed E-state index contributed by atoms with van der Waals surface area (Å²) in [6.07, 6.45) is 5.08. The van der Waals surface area contributed by atoms with Crippen LogP contribution in [0.2, 0.25) is 0 Å². The Labute approximate surface area is 129 Å². The Hall–Kier alpha value is -2.64. The van der Waals surface area contributed by atoms with Crippen molar-refractivity contribution < 1.29 is 4.79 Å². The molecule has 0 bridgehead atoms. The number of carbonyl (C=O) groups excluding carboxylic acids is 1. The number of aromatic nitrogens is 2. The molecule has 118 valence electrons. The fourth-order valence-corrected chi connectivity index (χ4v) is 2.08. The average Bonchev–Trinajstić information content (AvgIpc) is 2.58. The van der Waals surface area contributed by atoms with Crippen LogP contribution in [0, 0.1) is 0 Å². The Kier molecular flexibility index (Phi) is 5.70. The van der Waals surface area contributed by atoms with Crippen LogP contribution >= 0.6 is 0 Å². The van der Waals surface area contributed by atoms with Gasteiger partial charge in [0.25, 0.3) is 0 Å². The van der Waals surface area contributed by atoms with Gasteiger partial charge >= 0.3 is 0 Å². The highest BCUT2D eigenvalue weighted by atomic mass is 16.1. The lowest BCUT2D eigenvalue weighted by Crippen LogP contribution is -2.51. The summed E-state index contributed by atoms with van der Waals surface area (Å²) < 4.78 is 0. The largest absolute Gasteiger partial charge is 0.370 e. The first-order chi connectivity index (χ1) is 10.7. The number of hydrogen-bond donors (Lipinski definition) is 2. The van der Waals surface area contributed by atoms with E-state index in [9.17, 15) is 4.79 Å². The van der Waals surface area contributed by atoms with E-state index in [0.29, 0.717) is 12.5 Å². The Balaban J connectivity index is 1.80. The molecule has 3 N–H and O–H groups in total. The molecule has 1 aromatic rings. The molecule has 0 spiro atoms. The van der Waals surface area contributed by atoms with Gasteiger partial charge in [-0.15, -0.1) is 6.58 Å². The summed E-state index contributed by atoms with van der Waals surface area (Å²) in [7, 11) is 0. The predicted octanol–water partition coefficient (Wildman–Crippen LogP) is -0.784. The third-order valence-corrected chi connectivity index (χ3v) is 3.27. The molecule has 0 aromatic carbocycles. The summed E-state index contributed by atoms with van der Waals surface area (Å²) in [6.45, 7) is 6.98.